The molecule has 0 saturated heterocycles. The maximum atomic E-state index is 5.19. The number of allylic oxidation sites excluding steroid dienone is 5. The predicted molar refractivity (Wildman–Crippen MR) is 54.3 cm³/mol. The van der Waals surface area contributed by atoms with Gasteiger partial charge < -0.3 is 4.74 Å². The molecule has 0 aromatic heterocycles. The van der Waals surface area contributed by atoms with E-state index in [0.29, 0.717) is 5.70 Å². The Morgan fingerprint density at radius 3 is 3.00 bits per heavy atom. The number of ether oxygens (including phenoxy) is 1. The Bertz CT molecular complexity index is 339. The van der Waals surface area contributed by atoms with E-state index < -0.39 is 0 Å². The van der Waals surface area contributed by atoms with Crippen LogP contribution >= 0.6 is 0 Å². The van der Waals surface area contributed by atoms with Gasteiger partial charge in [-0.3, -0.25) is 0 Å². The summed E-state index contributed by atoms with van der Waals surface area (Å²) in [6.45, 7) is 5.59. The summed E-state index contributed by atoms with van der Waals surface area (Å²) in [6, 6.07) is 0. The maximum absolute atomic E-state index is 5.19. The summed E-state index contributed by atoms with van der Waals surface area (Å²) in [5.74, 6) is 3.39. The van der Waals surface area contributed by atoms with Crippen molar-refractivity contribution in [1.29, 1.82) is 0 Å². The molecule has 1 rings (SSSR count). The average molecular weight is 173 g/mol. The van der Waals surface area contributed by atoms with Gasteiger partial charge in [-0.25, -0.2) is 4.99 Å². The van der Waals surface area contributed by atoms with E-state index >= 15 is 0 Å². The lowest BCUT2D eigenvalue weighted by Crippen LogP contribution is -1.80. The molecular formula is C11H11NO. The molecule has 0 aromatic rings. The van der Waals surface area contributed by atoms with Crippen LogP contribution in [0.25, 0.3) is 0 Å². The van der Waals surface area contributed by atoms with Crippen molar-refractivity contribution >= 4 is 5.87 Å². The fourth-order valence-corrected chi connectivity index (χ4v) is 0.762. The topological polar surface area (TPSA) is 21.6 Å². The zero-order chi connectivity index (χ0) is 9.52. The highest BCUT2D eigenvalue weighted by Crippen LogP contribution is 2.02. The van der Waals surface area contributed by atoms with E-state index in [1.165, 1.54) is 6.26 Å². The number of aliphatic imine (C=N–C) groups is 1. The van der Waals surface area contributed by atoms with Gasteiger partial charge in [0.05, 0.1) is 5.70 Å². The summed E-state index contributed by atoms with van der Waals surface area (Å²) >= 11 is 0. The zero-order valence-electron chi connectivity index (χ0n) is 7.53. The Morgan fingerprint density at radius 2 is 2.23 bits per heavy atom. The van der Waals surface area contributed by atoms with E-state index in [1.54, 1.807) is 6.08 Å². The lowest BCUT2D eigenvalue weighted by atomic mass is 10.3. The number of nitrogens with zero attached hydrogens (tertiary/aromatic N) is 1. The molecule has 0 radical (unpaired) electrons. The van der Waals surface area contributed by atoms with Crippen molar-refractivity contribution < 1.29 is 4.74 Å². The molecule has 2 heteroatoms. The molecule has 0 aromatic carbocycles. The molecule has 0 saturated carbocycles. The van der Waals surface area contributed by atoms with E-state index in [1.807, 2.05) is 31.2 Å². The van der Waals surface area contributed by atoms with Gasteiger partial charge in [0.25, 0.3) is 0 Å². The molecule has 0 aliphatic carbocycles. The number of rotatable bonds is 0. The van der Waals surface area contributed by atoms with Gasteiger partial charge >= 0.3 is 0 Å². The largest absolute Gasteiger partial charge is 0.456 e. The Hall–Kier alpha value is -1.79. The van der Waals surface area contributed by atoms with Crippen LogP contribution in [0.1, 0.15) is 6.92 Å². The van der Waals surface area contributed by atoms with Crippen LogP contribution in [0.4, 0.5) is 0 Å². The summed E-state index contributed by atoms with van der Waals surface area (Å²) in [5.41, 5.74) is 0.647. The summed E-state index contributed by atoms with van der Waals surface area (Å²) < 4.78 is 5.19. The molecule has 0 spiro atoms. The van der Waals surface area contributed by atoms with Crippen LogP contribution in [0.5, 0.6) is 0 Å². The Kier molecular flexibility index (Phi) is 3.55. The molecule has 66 valence electrons. The molecule has 0 N–H and O–H groups in total. The molecule has 0 atom stereocenters. The van der Waals surface area contributed by atoms with E-state index in [2.05, 4.69) is 17.4 Å². The predicted octanol–water partition coefficient (Wildman–Crippen LogP) is 2.73. The molecule has 0 fully saturated rings. The second kappa shape index (κ2) is 4.96. The zero-order valence-corrected chi connectivity index (χ0v) is 7.53. The van der Waals surface area contributed by atoms with Crippen molar-refractivity contribution in [2.24, 2.45) is 4.99 Å². The highest BCUT2D eigenvalue weighted by atomic mass is 16.5. The quantitative estimate of drug-likeness (QED) is 0.552. The SMILES string of the molecule is C=C1C=C/C=C\C(=C\C)OC=C=N1. The fraction of sp³-hybridized carbons (Fsp3) is 0.0909. The first-order chi connectivity index (χ1) is 6.33. The Labute approximate surface area is 77.9 Å². The van der Waals surface area contributed by atoms with Gasteiger partial charge in [0.15, 0.2) is 6.26 Å². The molecule has 0 unspecified atom stereocenters. The first kappa shape index (κ1) is 9.30. The minimum Gasteiger partial charge on any atom is -0.456 e. The third kappa shape index (κ3) is 3.41. The highest BCUT2D eigenvalue weighted by molar-refractivity contribution is 5.53. The molecule has 1 heterocycles. The highest BCUT2D eigenvalue weighted by Gasteiger charge is 1.87. The number of hydrogen-bond acceptors (Lipinski definition) is 2. The summed E-state index contributed by atoms with van der Waals surface area (Å²) in [6.07, 6.45) is 10.6. The van der Waals surface area contributed by atoms with Crippen LogP contribution in [0.15, 0.2) is 59.7 Å². The fourth-order valence-electron chi connectivity index (χ4n) is 0.762. The standard InChI is InChI=1S/C11H11NO/c1-3-11-7-5-4-6-10(2)12-8-9-13-11/h3-7,9H,2H2,1H3/b6-4?,7-5-,11-3-. The smallest absolute Gasteiger partial charge is 0.152 e. The second-order valence-corrected chi connectivity index (χ2v) is 2.38. The van der Waals surface area contributed by atoms with Gasteiger partial charge in [0.2, 0.25) is 0 Å². The molecule has 0 amide bonds. The maximum Gasteiger partial charge on any atom is 0.152 e. The molecule has 1 aliphatic heterocycles. The lowest BCUT2D eigenvalue weighted by Gasteiger charge is -1.97. The van der Waals surface area contributed by atoms with Crippen molar-refractivity contribution in [2.45, 2.75) is 6.92 Å². The van der Waals surface area contributed by atoms with Crippen molar-refractivity contribution in [1.82, 2.24) is 0 Å². The van der Waals surface area contributed by atoms with E-state index in [9.17, 15) is 0 Å². The van der Waals surface area contributed by atoms with Crippen LogP contribution < -0.4 is 0 Å². The molecule has 2 nitrogen and oxygen atoms in total. The summed E-state index contributed by atoms with van der Waals surface area (Å²) in [4.78, 5) is 3.88. The van der Waals surface area contributed by atoms with E-state index in [0.717, 1.165) is 5.76 Å². The first-order valence-electron chi connectivity index (χ1n) is 3.97. The van der Waals surface area contributed by atoms with Crippen molar-refractivity contribution in [3.05, 3.63) is 54.7 Å². The molecule has 1 aliphatic rings. The van der Waals surface area contributed by atoms with Gasteiger partial charge in [0, 0.05) is 5.87 Å². The third-order valence-corrected chi connectivity index (χ3v) is 1.40. The third-order valence-electron chi connectivity index (χ3n) is 1.40. The van der Waals surface area contributed by atoms with Crippen LogP contribution in [0.3, 0.4) is 0 Å². The monoisotopic (exact) mass is 173 g/mol. The molecular weight excluding hydrogens is 162 g/mol. The molecule has 13 heavy (non-hydrogen) atoms. The molecule has 0 bridgehead atoms. The minimum absolute atomic E-state index is 0.647. The second-order valence-electron chi connectivity index (χ2n) is 2.38. The van der Waals surface area contributed by atoms with Gasteiger partial charge in [0.1, 0.15) is 5.76 Å². The first-order valence-corrected chi connectivity index (χ1v) is 3.97. The van der Waals surface area contributed by atoms with Crippen LogP contribution in [-0.4, -0.2) is 5.87 Å². The van der Waals surface area contributed by atoms with E-state index in [-0.39, 0.29) is 0 Å². The van der Waals surface area contributed by atoms with Gasteiger partial charge in [-0.1, -0.05) is 18.7 Å². The van der Waals surface area contributed by atoms with Crippen LogP contribution in [0, 0.1) is 0 Å². The average Bonchev–Trinajstić information content (AvgIpc) is 2.16. The van der Waals surface area contributed by atoms with Crippen LogP contribution in [-0.2, 0) is 4.74 Å². The number of hydrogen-bond donors (Lipinski definition) is 0. The summed E-state index contributed by atoms with van der Waals surface area (Å²) in [7, 11) is 0. The van der Waals surface area contributed by atoms with E-state index in [4.69, 9.17) is 4.74 Å². The normalized spacial score (nSPS) is 21.6. The Balaban J connectivity index is 2.89. The van der Waals surface area contributed by atoms with Crippen LogP contribution in [0.2, 0.25) is 0 Å². The van der Waals surface area contributed by atoms with Gasteiger partial charge in [-0.2, -0.15) is 0 Å². The Morgan fingerprint density at radius 1 is 1.46 bits per heavy atom. The van der Waals surface area contributed by atoms with Gasteiger partial charge in [-0.05, 0) is 25.2 Å². The lowest BCUT2D eigenvalue weighted by molar-refractivity contribution is 0.373. The van der Waals surface area contributed by atoms with Crippen molar-refractivity contribution in [3.63, 3.8) is 0 Å². The van der Waals surface area contributed by atoms with Gasteiger partial charge in [-0.15, -0.1) is 0 Å². The summed E-state index contributed by atoms with van der Waals surface area (Å²) in [5, 5.41) is 0. The minimum atomic E-state index is 0.647. The van der Waals surface area contributed by atoms with Crippen molar-refractivity contribution in [2.75, 3.05) is 0 Å². The van der Waals surface area contributed by atoms with Crippen molar-refractivity contribution in [3.8, 4) is 0 Å².